The van der Waals surface area contributed by atoms with Crippen LogP contribution in [0.2, 0.25) is 0 Å². The fourth-order valence-electron chi connectivity index (χ4n) is 7.18. The Morgan fingerprint density at radius 1 is 0.196 bits per heavy atom. The maximum Gasteiger partial charge on any atom is -0.00259 e. The Labute approximate surface area is 268 Å². The van der Waals surface area contributed by atoms with E-state index < -0.39 is 0 Å². The fourth-order valence-corrected chi connectivity index (χ4v) is 7.18. The molecule has 0 fully saturated rings. The van der Waals surface area contributed by atoms with Crippen molar-refractivity contribution >= 4 is 43.1 Å². The van der Waals surface area contributed by atoms with Gasteiger partial charge in [0.25, 0.3) is 0 Å². The van der Waals surface area contributed by atoms with Crippen LogP contribution in [0, 0.1) is 0 Å². The molecule has 214 valence electrons. The Kier molecular flexibility index (Phi) is 6.25. The van der Waals surface area contributed by atoms with Crippen molar-refractivity contribution in [1.82, 2.24) is 0 Å². The molecular formula is C46H30. The van der Waals surface area contributed by atoms with Gasteiger partial charge in [-0.05, 0) is 112 Å². The van der Waals surface area contributed by atoms with Crippen LogP contribution in [0.15, 0.2) is 182 Å². The summed E-state index contributed by atoms with van der Waals surface area (Å²) in [5.74, 6) is 0. The highest BCUT2D eigenvalue weighted by atomic mass is 14.2. The Morgan fingerprint density at radius 3 is 1.35 bits per heavy atom. The quantitative estimate of drug-likeness (QED) is 0.181. The molecule has 0 heteroatoms. The van der Waals surface area contributed by atoms with Crippen LogP contribution in [0.5, 0.6) is 0 Å². The van der Waals surface area contributed by atoms with Gasteiger partial charge in [-0.2, -0.15) is 0 Å². The van der Waals surface area contributed by atoms with E-state index in [1.54, 1.807) is 0 Å². The molecule has 9 aromatic carbocycles. The van der Waals surface area contributed by atoms with Crippen LogP contribution >= 0.6 is 0 Å². The molecule has 0 bridgehead atoms. The van der Waals surface area contributed by atoms with E-state index >= 15 is 0 Å². The van der Waals surface area contributed by atoms with E-state index in [-0.39, 0.29) is 0 Å². The van der Waals surface area contributed by atoms with Crippen LogP contribution in [0.3, 0.4) is 0 Å². The normalized spacial score (nSPS) is 11.5. The minimum Gasteiger partial charge on any atom is -0.0622 e. The van der Waals surface area contributed by atoms with Gasteiger partial charge in [0.05, 0.1) is 0 Å². The maximum atomic E-state index is 2.40. The summed E-state index contributed by atoms with van der Waals surface area (Å²) < 4.78 is 0. The number of rotatable bonds is 4. The molecule has 0 heterocycles. The van der Waals surface area contributed by atoms with Crippen LogP contribution in [0.1, 0.15) is 0 Å². The molecule has 0 radical (unpaired) electrons. The van der Waals surface area contributed by atoms with Crippen molar-refractivity contribution in [3.63, 3.8) is 0 Å². The summed E-state index contributed by atoms with van der Waals surface area (Å²) in [4.78, 5) is 0. The first-order chi connectivity index (χ1) is 22.8. The second-order valence-electron chi connectivity index (χ2n) is 12.1. The molecule has 0 saturated heterocycles. The molecule has 9 aromatic rings. The molecule has 0 nitrogen and oxygen atoms in total. The lowest BCUT2D eigenvalue weighted by atomic mass is 9.84. The largest absolute Gasteiger partial charge is 0.0622 e. The van der Waals surface area contributed by atoms with Gasteiger partial charge in [-0.25, -0.2) is 0 Å². The van der Waals surface area contributed by atoms with E-state index in [0.717, 1.165) is 0 Å². The molecule has 0 aliphatic heterocycles. The van der Waals surface area contributed by atoms with Crippen LogP contribution in [0.25, 0.3) is 87.6 Å². The molecule has 0 aliphatic rings. The molecule has 0 saturated carbocycles. The predicted octanol–water partition coefficient (Wildman–Crippen LogP) is 13.0. The third-order valence-corrected chi connectivity index (χ3v) is 9.40. The van der Waals surface area contributed by atoms with Gasteiger partial charge in [0, 0.05) is 0 Å². The SMILES string of the molecule is c1ccc(-c2ccc3c(-c4cccc(-c5ccc6ccccc6c5)c4)c4ccccc4c(-c4ccc5ccccc5c4)c3c2)cc1. The number of hydrogen-bond donors (Lipinski definition) is 0. The van der Waals surface area contributed by atoms with Gasteiger partial charge in [0.15, 0.2) is 0 Å². The molecule has 9 rings (SSSR count). The van der Waals surface area contributed by atoms with E-state index in [0.29, 0.717) is 0 Å². The van der Waals surface area contributed by atoms with E-state index in [1.807, 2.05) is 0 Å². The molecule has 0 atom stereocenters. The summed E-state index contributed by atoms with van der Waals surface area (Å²) in [5.41, 5.74) is 9.92. The van der Waals surface area contributed by atoms with Gasteiger partial charge in [-0.1, -0.05) is 158 Å². The Bertz CT molecular complexity index is 2570. The molecular weight excluding hydrogens is 553 g/mol. The number of benzene rings is 9. The smallest absolute Gasteiger partial charge is 0.00259 e. The molecule has 0 unspecified atom stereocenters. The van der Waals surface area contributed by atoms with Gasteiger partial charge in [-0.15, -0.1) is 0 Å². The standard InChI is InChI=1S/C46H30/c1-2-11-31(12-3-1)38-25-26-43-44(30-38)46(40-24-22-33-14-5-7-16-35(33)28-40)42-20-9-8-19-41(42)45(43)39-18-10-17-36(29-39)37-23-21-32-13-4-6-15-34(32)27-37/h1-30H. The molecule has 0 amide bonds. The van der Waals surface area contributed by atoms with Crippen LogP contribution in [0.4, 0.5) is 0 Å². The average molecular weight is 583 g/mol. The summed E-state index contributed by atoms with van der Waals surface area (Å²) in [5, 5.41) is 10.1. The van der Waals surface area contributed by atoms with E-state index in [4.69, 9.17) is 0 Å². The number of hydrogen-bond acceptors (Lipinski definition) is 0. The first kappa shape index (κ1) is 26.4. The highest BCUT2D eigenvalue weighted by Crippen LogP contribution is 2.45. The Balaban J connectivity index is 1.34. The van der Waals surface area contributed by atoms with Crippen molar-refractivity contribution in [3.8, 4) is 44.5 Å². The van der Waals surface area contributed by atoms with Crippen molar-refractivity contribution in [2.24, 2.45) is 0 Å². The third kappa shape index (κ3) is 4.47. The zero-order valence-electron chi connectivity index (χ0n) is 25.3. The minimum atomic E-state index is 1.22. The van der Waals surface area contributed by atoms with Crippen molar-refractivity contribution in [3.05, 3.63) is 182 Å². The predicted molar refractivity (Wildman–Crippen MR) is 198 cm³/mol. The Hall–Kier alpha value is -5.98. The summed E-state index contributed by atoms with van der Waals surface area (Å²) in [6.45, 7) is 0. The van der Waals surface area contributed by atoms with Gasteiger partial charge < -0.3 is 0 Å². The van der Waals surface area contributed by atoms with Gasteiger partial charge in [0.2, 0.25) is 0 Å². The monoisotopic (exact) mass is 582 g/mol. The second kappa shape index (κ2) is 10.9. The van der Waals surface area contributed by atoms with E-state index in [9.17, 15) is 0 Å². The summed E-state index contributed by atoms with van der Waals surface area (Å²) in [7, 11) is 0. The topological polar surface area (TPSA) is 0 Å². The zero-order chi connectivity index (χ0) is 30.5. The highest BCUT2D eigenvalue weighted by Gasteiger charge is 2.18. The van der Waals surface area contributed by atoms with E-state index in [2.05, 4.69) is 182 Å². The van der Waals surface area contributed by atoms with E-state index in [1.165, 1.54) is 87.6 Å². The Morgan fingerprint density at radius 2 is 0.630 bits per heavy atom. The lowest BCUT2D eigenvalue weighted by Crippen LogP contribution is -1.92. The summed E-state index contributed by atoms with van der Waals surface area (Å²) in [6.07, 6.45) is 0. The lowest BCUT2D eigenvalue weighted by Gasteiger charge is -2.19. The van der Waals surface area contributed by atoms with Gasteiger partial charge in [0.1, 0.15) is 0 Å². The van der Waals surface area contributed by atoms with Gasteiger partial charge in [-0.3, -0.25) is 0 Å². The molecule has 0 aliphatic carbocycles. The highest BCUT2D eigenvalue weighted by molar-refractivity contribution is 6.22. The number of fused-ring (bicyclic) bond motifs is 4. The van der Waals surface area contributed by atoms with Gasteiger partial charge >= 0.3 is 0 Å². The zero-order valence-corrected chi connectivity index (χ0v) is 25.3. The second-order valence-corrected chi connectivity index (χ2v) is 12.1. The molecule has 0 spiro atoms. The summed E-state index contributed by atoms with van der Waals surface area (Å²) in [6, 6.07) is 66.7. The molecule has 0 aromatic heterocycles. The summed E-state index contributed by atoms with van der Waals surface area (Å²) >= 11 is 0. The molecule has 0 N–H and O–H groups in total. The fraction of sp³-hybridized carbons (Fsp3) is 0. The van der Waals surface area contributed by atoms with Crippen LogP contribution < -0.4 is 0 Å². The van der Waals surface area contributed by atoms with Crippen molar-refractivity contribution in [2.75, 3.05) is 0 Å². The third-order valence-electron chi connectivity index (χ3n) is 9.40. The van der Waals surface area contributed by atoms with Crippen LogP contribution in [-0.2, 0) is 0 Å². The first-order valence-corrected chi connectivity index (χ1v) is 15.9. The molecule has 46 heavy (non-hydrogen) atoms. The van der Waals surface area contributed by atoms with Crippen molar-refractivity contribution < 1.29 is 0 Å². The average Bonchev–Trinajstić information content (AvgIpc) is 3.13. The minimum absolute atomic E-state index is 1.22. The van der Waals surface area contributed by atoms with Crippen LogP contribution in [-0.4, -0.2) is 0 Å². The maximum absolute atomic E-state index is 2.40. The van der Waals surface area contributed by atoms with Crippen molar-refractivity contribution in [2.45, 2.75) is 0 Å². The van der Waals surface area contributed by atoms with Crippen molar-refractivity contribution in [1.29, 1.82) is 0 Å². The first-order valence-electron chi connectivity index (χ1n) is 15.9. The lowest BCUT2D eigenvalue weighted by molar-refractivity contribution is 1.62.